The first kappa shape index (κ1) is 11.3. The minimum atomic E-state index is -0.0239. The van der Waals surface area contributed by atoms with E-state index in [2.05, 4.69) is 9.97 Å². The number of thiazole rings is 2. The van der Waals surface area contributed by atoms with Gasteiger partial charge in [-0.25, -0.2) is 9.97 Å². The zero-order chi connectivity index (χ0) is 13.4. The minimum Gasteiger partial charge on any atom is -0.292 e. The zero-order valence-electron chi connectivity index (χ0n) is 10.4. The van der Waals surface area contributed by atoms with E-state index in [1.54, 1.807) is 33.7 Å². The van der Waals surface area contributed by atoms with Crippen LogP contribution in [0.25, 0.3) is 0 Å². The summed E-state index contributed by atoms with van der Waals surface area (Å²) in [6.07, 6.45) is 1.58. The molecule has 0 saturated heterocycles. The standard InChI is InChI=1S/C14H10N2O2S2/c17-11-5-1-6-8(14-10(12(6)18)16-4-20-14)2-7(5)13-9(11)15-3-19-13/h3-8H,1-2H2. The van der Waals surface area contributed by atoms with Gasteiger partial charge in [0.05, 0.1) is 11.0 Å². The van der Waals surface area contributed by atoms with Crippen LogP contribution in [-0.4, -0.2) is 21.5 Å². The fourth-order valence-electron chi connectivity index (χ4n) is 4.12. The molecule has 2 heterocycles. The summed E-state index contributed by atoms with van der Waals surface area (Å²) >= 11 is 3.18. The van der Waals surface area contributed by atoms with Crippen molar-refractivity contribution in [1.82, 2.24) is 9.97 Å². The van der Waals surface area contributed by atoms with Gasteiger partial charge in [0.2, 0.25) is 0 Å². The smallest absolute Gasteiger partial charge is 0.186 e. The van der Waals surface area contributed by atoms with Crippen LogP contribution in [0.4, 0.5) is 0 Å². The molecular weight excluding hydrogens is 292 g/mol. The van der Waals surface area contributed by atoms with E-state index < -0.39 is 0 Å². The summed E-state index contributed by atoms with van der Waals surface area (Å²) in [4.78, 5) is 35.6. The summed E-state index contributed by atoms with van der Waals surface area (Å²) < 4.78 is 0. The quantitative estimate of drug-likeness (QED) is 0.751. The third-order valence-corrected chi connectivity index (χ3v) is 6.91. The summed E-state index contributed by atoms with van der Waals surface area (Å²) in [6, 6.07) is 0. The number of nitrogens with zero attached hydrogens (tertiary/aromatic N) is 2. The van der Waals surface area contributed by atoms with Gasteiger partial charge in [-0.3, -0.25) is 9.59 Å². The fourth-order valence-corrected chi connectivity index (χ4v) is 6.06. The van der Waals surface area contributed by atoms with Gasteiger partial charge in [-0.15, -0.1) is 22.7 Å². The highest BCUT2D eigenvalue weighted by Crippen LogP contribution is 2.57. The highest BCUT2D eigenvalue weighted by molar-refractivity contribution is 7.10. The van der Waals surface area contributed by atoms with Gasteiger partial charge in [0.15, 0.2) is 11.6 Å². The number of carbonyl (C=O) groups is 2. The maximum absolute atomic E-state index is 12.4. The maximum atomic E-state index is 12.4. The second kappa shape index (κ2) is 3.62. The van der Waals surface area contributed by atoms with Crippen LogP contribution >= 0.6 is 22.7 Å². The SMILES string of the molecule is O=C1c2ncsc2C2CC3c4scnc4C(=O)C3CC12. The normalized spacial score (nSPS) is 33.8. The van der Waals surface area contributed by atoms with Crippen molar-refractivity contribution in [2.24, 2.45) is 11.8 Å². The van der Waals surface area contributed by atoms with Crippen molar-refractivity contribution in [1.29, 1.82) is 0 Å². The van der Waals surface area contributed by atoms with Gasteiger partial charge in [-0.1, -0.05) is 0 Å². The van der Waals surface area contributed by atoms with E-state index in [4.69, 9.17) is 0 Å². The minimum absolute atomic E-state index is 0.0239. The Hall–Kier alpha value is -1.40. The van der Waals surface area contributed by atoms with Crippen LogP contribution in [0.3, 0.4) is 0 Å². The summed E-state index contributed by atoms with van der Waals surface area (Å²) in [5, 5.41) is 0. The lowest BCUT2D eigenvalue weighted by Gasteiger charge is -2.32. The molecule has 6 heteroatoms. The van der Waals surface area contributed by atoms with Gasteiger partial charge < -0.3 is 0 Å². The molecule has 0 aliphatic heterocycles. The molecular formula is C14H10N2O2S2. The van der Waals surface area contributed by atoms with E-state index in [0.29, 0.717) is 17.8 Å². The van der Waals surface area contributed by atoms with Crippen LogP contribution in [-0.2, 0) is 0 Å². The summed E-state index contributed by atoms with van der Waals surface area (Å²) in [5.41, 5.74) is 4.87. The molecule has 0 aromatic carbocycles. The van der Waals surface area contributed by atoms with Crippen LogP contribution < -0.4 is 0 Å². The number of fused-ring (bicyclic) bond motifs is 6. The molecule has 0 N–H and O–H groups in total. The van der Waals surface area contributed by atoms with Crippen molar-refractivity contribution in [3.63, 3.8) is 0 Å². The van der Waals surface area contributed by atoms with E-state index in [-0.39, 0.29) is 35.2 Å². The first-order valence-electron chi connectivity index (χ1n) is 6.71. The summed E-state index contributed by atoms with van der Waals surface area (Å²) in [6.45, 7) is 0. The van der Waals surface area contributed by atoms with Crippen LogP contribution in [0, 0.1) is 11.8 Å². The van der Waals surface area contributed by atoms with E-state index in [1.807, 2.05) is 0 Å². The van der Waals surface area contributed by atoms with Crippen LogP contribution in [0.2, 0.25) is 0 Å². The molecule has 5 rings (SSSR count). The molecule has 0 bridgehead atoms. The molecule has 3 aliphatic carbocycles. The molecule has 4 unspecified atom stereocenters. The van der Waals surface area contributed by atoms with Gasteiger partial charge >= 0.3 is 0 Å². The van der Waals surface area contributed by atoms with Crippen LogP contribution in [0.1, 0.15) is 55.4 Å². The third-order valence-electron chi connectivity index (χ3n) is 4.99. The molecule has 3 aliphatic rings. The predicted molar refractivity (Wildman–Crippen MR) is 74.6 cm³/mol. The Balaban J connectivity index is 1.61. The molecule has 1 fully saturated rings. The molecule has 2 aromatic heterocycles. The lowest BCUT2D eigenvalue weighted by atomic mass is 9.70. The molecule has 1 saturated carbocycles. The topological polar surface area (TPSA) is 59.9 Å². The highest BCUT2D eigenvalue weighted by atomic mass is 32.1. The van der Waals surface area contributed by atoms with Crippen LogP contribution in [0.15, 0.2) is 11.0 Å². The average Bonchev–Trinajstić information content (AvgIpc) is 3.18. The Bertz CT molecular complexity index is 701. The fraction of sp³-hybridized carbons (Fsp3) is 0.429. The average molecular weight is 302 g/mol. The number of hydrogen-bond donors (Lipinski definition) is 0. The number of rotatable bonds is 0. The monoisotopic (exact) mass is 302 g/mol. The second-order valence-corrected chi connectivity index (χ2v) is 7.53. The maximum Gasteiger partial charge on any atom is 0.186 e. The summed E-state index contributed by atoms with van der Waals surface area (Å²) in [7, 11) is 0. The molecule has 2 aromatic rings. The van der Waals surface area contributed by atoms with Gasteiger partial charge in [-0.05, 0) is 12.8 Å². The lowest BCUT2D eigenvalue weighted by Crippen LogP contribution is -2.30. The Morgan fingerprint density at radius 1 is 0.800 bits per heavy atom. The van der Waals surface area contributed by atoms with Crippen molar-refractivity contribution in [3.8, 4) is 0 Å². The molecule has 4 nitrogen and oxygen atoms in total. The molecule has 100 valence electrons. The molecule has 0 amide bonds. The van der Waals surface area contributed by atoms with Crippen molar-refractivity contribution < 1.29 is 9.59 Å². The largest absolute Gasteiger partial charge is 0.292 e. The Morgan fingerprint density at radius 3 is 1.75 bits per heavy atom. The predicted octanol–water partition coefficient (Wildman–Crippen LogP) is 2.89. The van der Waals surface area contributed by atoms with E-state index >= 15 is 0 Å². The number of aromatic nitrogens is 2. The van der Waals surface area contributed by atoms with E-state index in [0.717, 1.165) is 16.2 Å². The molecule has 20 heavy (non-hydrogen) atoms. The first-order chi connectivity index (χ1) is 9.75. The van der Waals surface area contributed by atoms with Crippen molar-refractivity contribution in [2.75, 3.05) is 0 Å². The van der Waals surface area contributed by atoms with Gasteiger partial charge in [0.1, 0.15) is 11.4 Å². The van der Waals surface area contributed by atoms with E-state index in [9.17, 15) is 9.59 Å². The molecule has 4 atom stereocenters. The zero-order valence-corrected chi connectivity index (χ0v) is 12.0. The van der Waals surface area contributed by atoms with Crippen molar-refractivity contribution in [2.45, 2.75) is 24.7 Å². The van der Waals surface area contributed by atoms with Gasteiger partial charge in [0.25, 0.3) is 0 Å². The second-order valence-electron chi connectivity index (χ2n) is 5.76. The molecule has 0 radical (unpaired) electrons. The Morgan fingerprint density at radius 2 is 1.25 bits per heavy atom. The Kier molecular flexibility index (Phi) is 2.04. The number of hydrogen-bond acceptors (Lipinski definition) is 6. The first-order valence-corrected chi connectivity index (χ1v) is 8.47. The van der Waals surface area contributed by atoms with Crippen molar-refractivity contribution in [3.05, 3.63) is 32.2 Å². The van der Waals surface area contributed by atoms with Crippen molar-refractivity contribution >= 4 is 34.2 Å². The van der Waals surface area contributed by atoms with E-state index in [1.165, 1.54) is 0 Å². The lowest BCUT2D eigenvalue weighted by molar-refractivity contribution is 0.0785. The summed E-state index contributed by atoms with van der Waals surface area (Å²) in [5.74, 6) is 0.800. The number of carbonyl (C=O) groups excluding carboxylic acids is 2. The van der Waals surface area contributed by atoms with Gasteiger partial charge in [0, 0.05) is 33.4 Å². The van der Waals surface area contributed by atoms with Crippen LogP contribution in [0.5, 0.6) is 0 Å². The molecule has 0 spiro atoms. The third kappa shape index (κ3) is 1.18. The van der Waals surface area contributed by atoms with Gasteiger partial charge in [-0.2, -0.15) is 0 Å². The highest BCUT2D eigenvalue weighted by Gasteiger charge is 2.54. The Labute approximate surface area is 122 Å². The number of Topliss-reactive ketones (excluding diaryl/α,β-unsaturated/α-hetero) is 2. The number of ketones is 2.